The molecule has 11 heteroatoms. The summed E-state index contributed by atoms with van der Waals surface area (Å²) in [6.45, 7) is 4.04. The topological polar surface area (TPSA) is 106 Å². The first-order valence-electron chi connectivity index (χ1n) is 11.1. The molecule has 1 fully saturated rings. The largest absolute Gasteiger partial charge is 0.506 e. The minimum atomic E-state index is -0.662. The molecular formula is C24H26ClFN4O5. The molecule has 0 radical (unpaired) electrons. The van der Waals surface area contributed by atoms with Crippen molar-refractivity contribution in [2.45, 2.75) is 25.9 Å². The highest BCUT2D eigenvalue weighted by molar-refractivity contribution is 6.32. The van der Waals surface area contributed by atoms with Gasteiger partial charge in [0.1, 0.15) is 24.3 Å². The van der Waals surface area contributed by atoms with Crippen molar-refractivity contribution in [2.24, 2.45) is 0 Å². The number of anilines is 2. The number of benzene rings is 2. The van der Waals surface area contributed by atoms with Crippen molar-refractivity contribution in [3.05, 3.63) is 41.3 Å². The van der Waals surface area contributed by atoms with E-state index < -0.39 is 11.9 Å². The Labute approximate surface area is 206 Å². The van der Waals surface area contributed by atoms with Crippen molar-refractivity contribution in [1.82, 2.24) is 14.9 Å². The normalized spacial score (nSPS) is 14.6. The monoisotopic (exact) mass is 504 g/mol. The molecule has 4 rings (SSSR count). The van der Waals surface area contributed by atoms with Gasteiger partial charge in [0.2, 0.25) is 5.95 Å². The lowest BCUT2D eigenvalue weighted by Crippen LogP contribution is -2.36. The van der Waals surface area contributed by atoms with E-state index in [1.165, 1.54) is 14.0 Å². The van der Waals surface area contributed by atoms with Crippen LogP contribution in [0.4, 0.5) is 16.0 Å². The SMILES string of the molecule is COc1cc2cnc(Nc3cc(O)c(Cl)cc3F)nc2cc1OCC(CN1CCCC1)OC(C)=O. The van der Waals surface area contributed by atoms with E-state index >= 15 is 0 Å². The minimum absolute atomic E-state index is 0.0256. The Morgan fingerprint density at radius 2 is 2.03 bits per heavy atom. The maximum atomic E-state index is 14.2. The van der Waals surface area contributed by atoms with Crippen molar-refractivity contribution in [2.75, 3.05) is 38.7 Å². The van der Waals surface area contributed by atoms with E-state index in [1.54, 1.807) is 18.3 Å². The number of nitrogens with one attached hydrogen (secondary N) is 1. The molecular weight excluding hydrogens is 479 g/mol. The number of methoxy groups -OCH3 is 1. The zero-order chi connectivity index (χ0) is 24.9. The second kappa shape index (κ2) is 10.9. The predicted molar refractivity (Wildman–Crippen MR) is 129 cm³/mol. The number of aromatic nitrogens is 2. The van der Waals surface area contributed by atoms with E-state index in [-0.39, 0.29) is 35.0 Å². The molecule has 3 aromatic rings. The fourth-order valence-corrected chi connectivity index (χ4v) is 4.07. The summed E-state index contributed by atoms with van der Waals surface area (Å²) in [5, 5.41) is 13.1. The van der Waals surface area contributed by atoms with Crippen LogP contribution in [0, 0.1) is 5.82 Å². The van der Waals surface area contributed by atoms with E-state index in [4.69, 9.17) is 25.8 Å². The van der Waals surface area contributed by atoms with Gasteiger partial charge < -0.3 is 24.6 Å². The molecule has 2 N–H and O–H groups in total. The van der Waals surface area contributed by atoms with Gasteiger partial charge in [0.25, 0.3) is 0 Å². The maximum absolute atomic E-state index is 14.2. The summed E-state index contributed by atoms with van der Waals surface area (Å²) < 4.78 is 31.1. The molecule has 2 aromatic carbocycles. The van der Waals surface area contributed by atoms with Crippen LogP contribution >= 0.6 is 11.6 Å². The average Bonchev–Trinajstić information content (AvgIpc) is 3.33. The van der Waals surface area contributed by atoms with Crippen LogP contribution in [0.3, 0.4) is 0 Å². The molecule has 1 atom stereocenters. The Bertz CT molecular complexity index is 1220. The molecule has 0 aliphatic carbocycles. The molecule has 0 spiro atoms. The van der Waals surface area contributed by atoms with Gasteiger partial charge >= 0.3 is 5.97 Å². The van der Waals surface area contributed by atoms with E-state index in [9.17, 15) is 14.3 Å². The first-order chi connectivity index (χ1) is 16.8. The van der Waals surface area contributed by atoms with Gasteiger partial charge in [-0.15, -0.1) is 0 Å². The van der Waals surface area contributed by atoms with Gasteiger partial charge in [-0.2, -0.15) is 0 Å². The molecule has 1 saturated heterocycles. The smallest absolute Gasteiger partial charge is 0.303 e. The summed E-state index contributed by atoms with van der Waals surface area (Å²) in [7, 11) is 1.52. The maximum Gasteiger partial charge on any atom is 0.303 e. The third kappa shape index (κ3) is 6.20. The van der Waals surface area contributed by atoms with Gasteiger partial charge in [-0.05, 0) is 38.1 Å². The third-order valence-electron chi connectivity index (χ3n) is 5.57. The van der Waals surface area contributed by atoms with Crippen LogP contribution < -0.4 is 14.8 Å². The van der Waals surface area contributed by atoms with Gasteiger partial charge in [0.05, 0.1) is 23.3 Å². The average molecular weight is 505 g/mol. The number of phenols is 1. The van der Waals surface area contributed by atoms with Crippen molar-refractivity contribution >= 4 is 40.1 Å². The Kier molecular flexibility index (Phi) is 7.72. The lowest BCUT2D eigenvalue weighted by Gasteiger charge is -2.23. The number of halogens is 2. The number of hydrogen-bond donors (Lipinski definition) is 2. The Hall–Kier alpha value is -3.37. The second-order valence-corrected chi connectivity index (χ2v) is 8.62. The lowest BCUT2D eigenvalue weighted by atomic mass is 10.2. The molecule has 186 valence electrons. The van der Waals surface area contributed by atoms with Crippen molar-refractivity contribution in [3.63, 3.8) is 0 Å². The number of phenolic OH excluding ortho intramolecular Hbond substituents is 1. The number of rotatable bonds is 9. The standard InChI is InChI=1S/C24H26ClFN4O5/c1-14(31)35-16(12-30-5-3-4-6-30)13-34-23-10-19-15(7-22(23)33-2)11-27-24(28-19)29-20-9-21(32)17(25)8-18(20)26/h7-11,16,32H,3-6,12-13H2,1-2H3,(H,27,28,29). The molecule has 0 saturated carbocycles. The number of carbonyl (C=O) groups is 1. The molecule has 1 aliphatic heterocycles. The highest BCUT2D eigenvalue weighted by atomic mass is 35.5. The van der Waals surface area contributed by atoms with Crippen LogP contribution in [0.1, 0.15) is 19.8 Å². The number of ether oxygens (including phenoxy) is 3. The lowest BCUT2D eigenvalue weighted by molar-refractivity contribution is -0.148. The molecule has 2 heterocycles. The van der Waals surface area contributed by atoms with E-state index in [1.807, 2.05) is 0 Å². The third-order valence-corrected chi connectivity index (χ3v) is 5.87. The quantitative estimate of drug-likeness (QED) is 0.413. The summed E-state index contributed by atoms with van der Waals surface area (Å²) in [4.78, 5) is 22.5. The van der Waals surface area contributed by atoms with E-state index in [0.29, 0.717) is 28.9 Å². The fraction of sp³-hybridized carbons (Fsp3) is 0.375. The number of likely N-dealkylation sites (tertiary alicyclic amines) is 1. The molecule has 9 nitrogen and oxygen atoms in total. The van der Waals surface area contributed by atoms with Crippen LogP contribution in [-0.2, 0) is 9.53 Å². The zero-order valence-electron chi connectivity index (χ0n) is 19.4. The van der Waals surface area contributed by atoms with E-state index in [2.05, 4.69) is 20.2 Å². The van der Waals surface area contributed by atoms with Gasteiger partial charge in [-0.25, -0.2) is 14.4 Å². The number of nitrogens with zero attached hydrogens (tertiary/aromatic N) is 3. The van der Waals surface area contributed by atoms with Crippen LogP contribution in [0.25, 0.3) is 10.9 Å². The summed E-state index contributed by atoms with van der Waals surface area (Å²) in [5.41, 5.74) is 0.489. The zero-order valence-corrected chi connectivity index (χ0v) is 20.1. The van der Waals surface area contributed by atoms with E-state index in [0.717, 1.165) is 38.1 Å². The highest BCUT2D eigenvalue weighted by Gasteiger charge is 2.21. The summed E-state index contributed by atoms with van der Waals surface area (Å²) in [6, 6.07) is 5.56. The van der Waals surface area contributed by atoms with Crippen LogP contribution in [0.5, 0.6) is 17.2 Å². The number of esters is 1. The number of aromatic hydroxyl groups is 1. The molecule has 35 heavy (non-hydrogen) atoms. The predicted octanol–water partition coefficient (Wildman–Crippen LogP) is 4.29. The van der Waals surface area contributed by atoms with Crippen molar-refractivity contribution in [3.8, 4) is 17.2 Å². The first-order valence-corrected chi connectivity index (χ1v) is 11.5. The molecule has 0 bridgehead atoms. The number of hydrogen-bond acceptors (Lipinski definition) is 9. The van der Waals surface area contributed by atoms with Crippen molar-refractivity contribution in [1.29, 1.82) is 0 Å². The summed E-state index contributed by atoms with van der Waals surface area (Å²) in [6.07, 6.45) is 3.37. The van der Waals surface area contributed by atoms with Gasteiger partial charge in [0.15, 0.2) is 11.5 Å². The number of fused-ring (bicyclic) bond motifs is 1. The minimum Gasteiger partial charge on any atom is -0.506 e. The van der Waals surface area contributed by atoms with Crippen LogP contribution in [-0.4, -0.2) is 65.4 Å². The van der Waals surface area contributed by atoms with Gasteiger partial charge in [0, 0.05) is 37.2 Å². The van der Waals surface area contributed by atoms with Crippen LogP contribution in [0.15, 0.2) is 30.5 Å². The summed E-state index contributed by atoms with van der Waals surface area (Å²) in [5.74, 6) is -0.303. The Morgan fingerprint density at radius 1 is 1.26 bits per heavy atom. The number of carbonyl (C=O) groups excluding carboxylic acids is 1. The van der Waals surface area contributed by atoms with Gasteiger partial charge in [-0.3, -0.25) is 9.69 Å². The Morgan fingerprint density at radius 3 is 2.74 bits per heavy atom. The Balaban J connectivity index is 1.55. The highest BCUT2D eigenvalue weighted by Crippen LogP contribution is 2.33. The summed E-state index contributed by atoms with van der Waals surface area (Å²) >= 11 is 5.73. The van der Waals surface area contributed by atoms with Gasteiger partial charge in [-0.1, -0.05) is 11.6 Å². The first kappa shape index (κ1) is 24.7. The molecule has 0 amide bonds. The van der Waals surface area contributed by atoms with Crippen LogP contribution in [0.2, 0.25) is 5.02 Å². The molecule has 1 aliphatic rings. The molecule has 1 aromatic heterocycles. The van der Waals surface area contributed by atoms with Crippen molar-refractivity contribution < 1.29 is 28.5 Å². The molecule has 1 unspecified atom stereocenters. The fourth-order valence-electron chi connectivity index (χ4n) is 3.92. The second-order valence-electron chi connectivity index (χ2n) is 8.21.